The van der Waals surface area contributed by atoms with Gasteiger partial charge in [-0.25, -0.2) is 0 Å². The summed E-state index contributed by atoms with van der Waals surface area (Å²) in [4.78, 5) is 0. The number of aryl methyl sites for hydroxylation is 4. The molecule has 0 amide bonds. The summed E-state index contributed by atoms with van der Waals surface area (Å²) in [5.41, 5.74) is 4.29. The molecule has 0 aliphatic carbocycles. The number of phenolic OH excluding ortho intramolecular Hbond substituents is 2. The Labute approximate surface area is 148 Å². The van der Waals surface area contributed by atoms with Crippen LogP contribution in [-0.4, -0.2) is 10.2 Å². The molecule has 0 unspecified atom stereocenters. The Morgan fingerprint density at radius 3 is 1.41 bits per heavy atom. The zero-order valence-corrected chi connectivity index (χ0v) is 16.0. The van der Waals surface area contributed by atoms with Gasteiger partial charge in [0, 0.05) is 0 Å². The number of hydrogen-bond donors (Lipinski definition) is 2. The summed E-state index contributed by atoms with van der Waals surface area (Å²) in [6.45, 7) is 3.83. The fraction of sp³-hybridized carbons (Fsp3) is 0.333. The molecule has 2 rings (SSSR count). The molecule has 0 saturated carbocycles. The summed E-state index contributed by atoms with van der Waals surface area (Å²) in [5.74, 6) is 0.654. The van der Waals surface area contributed by atoms with E-state index in [1.165, 1.54) is 11.1 Å². The van der Waals surface area contributed by atoms with Crippen molar-refractivity contribution < 1.29 is 10.2 Å². The highest BCUT2D eigenvalue weighted by Gasteiger charge is 2.06. The van der Waals surface area contributed by atoms with Crippen molar-refractivity contribution in [3.05, 3.63) is 55.5 Å². The summed E-state index contributed by atoms with van der Waals surface area (Å²) in [6.07, 6.45) is 4.18. The van der Waals surface area contributed by atoms with E-state index in [4.69, 9.17) is 0 Å². The van der Waals surface area contributed by atoms with Crippen LogP contribution in [0.5, 0.6) is 11.5 Å². The lowest BCUT2D eigenvalue weighted by atomic mass is 10.0. The van der Waals surface area contributed by atoms with Crippen LogP contribution in [0.3, 0.4) is 0 Å². The van der Waals surface area contributed by atoms with Gasteiger partial charge in [-0.2, -0.15) is 0 Å². The number of rotatable bonds is 5. The van der Waals surface area contributed by atoms with Crippen molar-refractivity contribution in [3.8, 4) is 11.5 Å². The van der Waals surface area contributed by atoms with Crippen LogP contribution >= 0.6 is 31.9 Å². The first-order chi connectivity index (χ1) is 10.4. The summed E-state index contributed by atoms with van der Waals surface area (Å²) >= 11 is 6.77. The molecule has 22 heavy (non-hydrogen) atoms. The molecule has 0 bridgehead atoms. The monoisotopic (exact) mass is 426 g/mol. The van der Waals surface area contributed by atoms with Crippen LogP contribution in [0, 0.1) is 13.8 Å². The summed E-state index contributed by atoms with van der Waals surface area (Å²) in [7, 11) is 0. The molecular formula is C18H20Br2O2. The molecule has 0 radical (unpaired) electrons. The van der Waals surface area contributed by atoms with Crippen molar-refractivity contribution in [3.63, 3.8) is 0 Å². The summed E-state index contributed by atoms with van der Waals surface area (Å²) in [6, 6.07) is 8.07. The second kappa shape index (κ2) is 7.51. The van der Waals surface area contributed by atoms with Gasteiger partial charge < -0.3 is 10.2 Å². The standard InChI is InChI=1S/C18H20Br2O2/c1-11-7-13(9-15(19)17(11)21)5-3-4-6-14-8-12(2)18(22)16(20)10-14/h7-10,21-22H,3-6H2,1-2H3. The van der Waals surface area contributed by atoms with E-state index in [1.807, 2.05) is 38.1 Å². The third kappa shape index (κ3) is 4.26. The van der Waals surface area contributed by atoms with Gasteiger partial charge in [-0.3, -0.25) is 0 Å². The first-order valence-corrected chi connectivity index (χ1v) is 8.93. The van der Waals surface area contributed by atoms with Gasteiger partial charge in [0.05, 0.1) is 8.95 Å². The van der Waals surface area contributed by atoms with E-state index in [0.717, 1.165) is 45.8 Å². The Hall–Kier alpha value is -1.00. The lowest BCUT2D eigenvalue weighted by Crippen LogP contribution is -1.92. The fourth-order valence-electron chi connectivity index (χ4n) is 2.56. The van der Waals surface area contributed by atoms with Crippen molar-refractivity contribution >= 4 is 31.9 Å². The molecule has 0 saturated heterocycles. The first-order valence-electron chi connectivity index (χ1n) is 7.34. The van der Waals surface area contributed by atoms with Crippen LogP contribution in [0.4, 0.5) is 0 Å². The molecule has 0 aromatic heterocycles. The van der Waals surface area contributed by atoms with Crippen molar-refractivity contribution in [2.75, 3.05) is 0 Å². The molecule has 0 atom stereocenters. The van der Waals surface area contributed by atoms with Gasteiger partial charge >= 0.3 is 0 Å². The Bertz CT molecular complexity index is 575. The van der Waals surface area contributed by atoms with Crippen molar-refractivity contribution in [1.82, 2.24) is 0 Å². The molecule has 118 valence electrons. The van der Waals surface area contributed by atoms with Gasteiger partial charge in [0.25, 0.3) is 0 Å². The Morgan fingerprint density at radius 2 is 1.09 bits per heavy atom. The van der Waals surface area contributed by atoms with Crippen molar-refractivity contribution in [1.29, 1.82) is 0 Å². The molecule has 0 spiro atoms. The first kappa shape index (κ1) is 17.4. The average molecular weight is 428 g/mol. The van der Waals surface area contributed by atoms with Crippen LogP contribution in [0.25, 0.3) is 0 Å². The van der Waals surface area contributed by atoms with E-state index >= 15 is 0 Å². The molecule has 0 aliphatic heterocycles. The van der Waals surface area contributed by atoms with Gasteiger partial charge in [0.15, 0.2) is 0 Å². The van der Waals surface area contributed by atoms with Crippen molar-refractivity contribution in [2.45, 2.75) is 39.5 Å². The van der Waals surface area contributed by atoms with E-state index < -0.39 is 0 Å². The number of benzene rings is 2. The molecule has 0 fully saturated rings. The smallest absolute Gasteiger partial charge is 0.132 e. The van der Waals surface area contributed by atoms with Crippen molar-refractivity contribution in [2.24, 2.45) is 0 Å². The molecule has 2 aromatic rings. The molecule has 0 heterocycles. The SMILES string of the molecule is Cc1cc(CCCCc2cc(C)c(O)c(Br)c2)cc(Br)c1O. The zero-order valence-electron chi connectivity index (χ0n) is 12.8. The maximum absolute atomic E-state index is 9.75. The summed E-state index contributed by atoms with van der Waals surface area (Å²) in [5, 5.41) is 19.5. The molecule has 2 aromatic carbocycles. The second-order valence-corrected chi connectivity index (χ2v) is 7.40. The van der Waals surface area contributed by atoms with Crippen LogP contribution in [0.1, 0.15) is 35.1 Å². The number of halogens is 2. The minimum Gasteiger partial charge on any atom is -0.506 e. The molecule has 4 heteroatoms. The largest absolute Gasteiger partial charge is 0.506 e. The Morgan fingerprint density at radius 1 is 0.727 bits per heavy atom. The molecular weight excluding hydrogens is 408 g/mol. The van der Waals surface area contributed by atoms with Crippen LogP contribution in [0.15, 0.2) is 33.2 Å². The van der Waals surface area contributed by atoms with E-state index in [-0.39, 0.29) is 0 Å². The Balaban J connectivity index is 1.90. The minimum atomic E-state index is 0.327. The lowest BCUT2D eigenvalue weighted by Gasteiger charge is -2.08. The predicted octanol–water partition coefficient (Wildman–Crippen LogP) is 5.81. The minimum absolute atomic E-state index is 0.327. The predicted molar refractivity (Wildman–Crippen MR) is 97.7 cm³/mol. The van der Waals surface area contributed by atoms with Crippen LogP contribution in [-0.2, 0) is 12.8 Å². The highest BCUT2D eigenvalue weighted by molar-refractivity contribution is 9.10. The van der Waals surface area contributed by atoms with Crippen LogP contribution in [0.2, 0.25) is 0 Å². The molecule has 0 aliphatic rings. The quantitative estimate of drug-likeness (QED) is 0.591. The zero-order chi connectivity index (χ0) is 16.3. The fourth-order valence-corrected chi connectivity index (χ4v) is 3.78. The van der Waals surface area contributed by atoms with Gasteiger partial charge in [-0.05, 0) is 106 Å². The number of aromatic hydroxyl groups is 2. The second-order valence-electron chi connectivity index (χ2n) is 5.69. The van der Waals surface area contributed by atoms with E-state index in [9.17, 15) is 10.2 Å². The molecule has 2 N–H and O–H groups in total. The van der Waals surface area contributed by atoms with E-state index in [0.29, 0.717) is 11.5 Å². The number of phenols is 2. The lowest BCUT2D eigenvalue weighted by molar-refractivity contribution is 0.466. The third-order valence-electron chi connectivity index (χ3n) is 3.81. The average Bonchev–Trinajstić information content (AvgIpc) is 2.46. The Kier molecular flexibility index (Phi) is 5.93. The normalized spacial score (nSPS) is 10.9. The van der Waals surface area contributed by atoms with Gasteiger partial charge in [0.2, 0.25) is 0 Å². The third-order valence-corrected chi connectivity index (χ3v) is 5.02. The number of unbranched alkanes of at least 4 members (excludes halogenated alkanes) is 1. The van der Waals surface area contributed by atoms with Gasteiger partial charge in [-0.15, -0.1) is 0 Å². The topological polar surface area (TPSA) is 40.5 Å². The highest BCUT2D eigenvalue weighted by atomic mass is 79.9. The maximum Gasteiger partial charge on any atom is 0.132 e. The van der Waals surface area contributed by atoms with Crippen LogP contribution < -0.4 is 0 Å². The van der Waals surface area contributed by atoms with E-state index in [1.54, 1.807) is 0 Å². The van der Waals surface area contributed by atoms with Gasteiger partial charge in [-0.1, -0.05) is 12.1 Å². The summed E-state index contributed by atoms with van der Waals surface area (Å²) < 4.78 is 1.53. The highest BCUT2D eigenvalue weighted by Crippen LogP contribution is 2.30. The maximum atomic E-state index is 9.75. The molecule has 2 nitrogen and oxygen atoms in total. The van der Waals surface area contributed by atoms with E-state index in [2.05, 4.69) is 31.9 Å². The van der Waals surface area contributed by atoms with Gasteiger partial charge in [0.1, 0.15) is 11.5 Å². The number of hydrogen-bond acceptors (Lipinski definition) is 2.